The molecule has 0 saturated carbocycles. The first-order valence-corrected chi connectivity index (χ1v) is 10.0. The fourth-order valence-electron chi connectivity index (χ4n) is 3.62. The van der Waals surface area contributed by atoms with E-state index in [9.17, 15) is 18.0 Å². The number of imidazole rings is 1. The van der Waals surface area contributed by atoms with Crippen molar-refractivity contribution in [3.63, 3.8) is 0 Å². The molecule has 170 valence electrons. The number of hydrogen-bond donors (Lipinski definition) is 0. The number of pyridine rings is 1. The van der Waals surface area contributed by atoms with Crippen molar-refractivity contribution >= 4 is 16.8 Å². The zero-order valence-corrected chi connectivity index (χ0v) is 17.9. The van der Waals surface area contributed by atoms with Crippen molar-refractivity contribution < 1.29 is 27.4 Å². The molecule has 0 atom stereocenters. The molecule has 0 spiro atoms. The number of hydrogen-bond acceptors (Lipinski definition) is 5. The molecule has 0 saturated heterocycles. The van der Waals surface area contributed by atoms with Gasteiger partial charge in [-0.25, -0.2) is 4.98 Å². The number of ether oxygens (including phenoxy) is 2. The van der Waals surface area contributed by atoms with Crippen LogP contribution in [0.15, 0.2) is 61.2 Å². The minimum absolute atomic E-state index is 0.0173. The van der Waals surface area contributed by atoms with Gasteiger partial charge in [0.25, 0.3) is 0 Å². The monoisotopic (exact) mass is 455 g/mol. The van der Waals surface area contributed by atoms with Crippen molar-refractivity contribution in [2.24, 2.45) is 0 Å². The van der Waals surface area contributed by atoms with Crippen LogP contribution in [0.5, 0.6) is 11.5 Å². The van der Waals surface area contributed by atoms with Gasteiger partial charge in [-0.1, -0.05) is 12.1 Å². The average Bonchev–Trinajstić information content (AvgIpc) is 3.25. The van der Waals surface area contributed by atoms with Gasteiger partial charge in [0.15, 0.2) is 5.78 Å². The number of aromatic nitrogens is 3. The van der Waals surface area contributed by atoms with E-state index in [4.69, 9.17) is 9.47 Å². The van der Waals surface area contributed by atoms with Crippen molar-refractivity contribution in [1.82, 2.24) is 14.5 Å². The second-order valence-electron chi connectivity index (χ2n) is 7.32. The molecule has 2 heterocycles. The Morgan fingerprint density at radius 1 is 1.03 bits per heavy atom. The molecule has 2 aromatic heterocycles. The third-order valence-electron chi connectivity index (χ3n) is 5.23. The highest BCUT2D eigenvalue weighted by atomic mass is 19.4. The van der Waals surface area contributed by atoms with E-state index in [1.165, 1.54) is 14.2 Å². The highest BCUT2D eigenvalue weighted by Crippen LogP contribution is 2.36. The summed E-state index contributed by atoms with van der Waals surface area (Å²) in [6.07, 6.45) is -1.25. The van der Waals surface area contributed by atoms with E-state index in [1.807, 2.05) is 30.3 Å². The number of ketones is 1. The summed E-state index contributed by atoms with van der Waals surface area (Å²) in [5, 5.41) is 0. The molecule has 0 bridgehead atoms. The van der Waals surface area contributed by atoms with Crippen molar-refractivity contribution in [3.8, 4) is 28.3 Å². The van der Waals surface area contributed by atoms with Gasteiger partial charge in [-0.2, -0.15) is 13.2 Å². The number of alkyl halides is 3. The summed E-state index contributed by atoms with van der Waals surface area (Å²) in [5.41, 5.74) is 4.02. The Kier molecular flexibility index (Phi) is 6.04. The Balaban J connectivity index is 1.74. The summed E-state index contributed by atoms with van der Waals surface area (Å²) in [5.74, 6) is -0.445. The number of rotatable bonds is 7. The van der Waals surface area contributed by atoms with Crippen LogP contribution < -0.4 is 9.47 Å². The minimum atomic E-state index is -4.43. The minimum Gasteiger partial charge on any atom is -0.496 e. The van der Waals surface area contributed by atoms with Crippen molar-refractivity contribution in [2.75, 3.05) is 14.2 Å². The fraction of sp³-hybridized carbons (Fsp3) is 0.208. The summed E-state index contributed by atoms with van der Waals surface area (Å²) < 4.78 is 50.3. The van der Waals surface area contributed by atoms with Gasteiger partial charge in [0.1, 0.15) is 23.4 Å². The maximum absolute atomic E-state index is 12.6. The summed E-state index contributed by atoms with van der Waals surface area (Å²) in [7, 11) is 2.70. The highest BCUT2D eigenvalue weighted by Gasteiger charge is 2.30. The molecule has 9 heteroatoms. The van der Waals surface area contributed by atoms with Crippen LogP contribution in [-0.2, 0) is 0 Å². The molecule has 0 N–H and O–H groups in total. The summed E-state index contributed by atoms with van der Waals surface area (Å²) in [6, 6.07) is 12.8. The Morgan fingerprint density at radius 3 is 2.36 bits per heavy atom. The number of Topliss-reactive ketones (excluding diaryl/α,β-unsaturated/α-hetero) is 1. The van der Waals surface area contributed by atoms with Crippen LogP contribution in [0.2, 0.25) is 0 Å². The first-order valence-electron chi connectivity index (χ1n) is 10.0. The Morgan fingerprint density at radius 2 is 1.76 bits per heavy atom. The molecule has 0 aliphatic heterocycles. The van der Waals surface area contributed by atoms with Gasteiger partial charge >= 0.3 is 6.18 Å². The Bertz CT molecular complexity index is 1280. The lowest BCUT2D eigenvalue weighted by atomic mass is 10.0. The third-order valence-corrected chi connectivity index (χ3v) is 5.23. The van der Waals surface area contributed by atoms with Crippen molar-refractivity contribution in [3.05, 3.63) is 66.7 Å². The lowest BCUT2D eigenvalue weighted by Crippen LogP contribution is -2.13. The first-order chi connectivity index (χ1) is 15.8. The van der Waals surface area contributed by atoms with E-state index < -0.39 is 24.8 Å². The smallest absolute Gasteiger partial charge is 0.389 e. The molecule has 0 aliphatic carbocycles. The number of halogens is 3. The SMILES string of the molecule is COc1cc(-n2cnc3cc(-c4cccnc4)ccc32)cc(OC)c1C(=O)CCC(F)(F)F. The van der Waals surface area contributed by atoms with Gasteiger partial charge in [-0.05, 0) is 23.8 Å². The lowest BCUT2D eigenvalue weighted by molar-refractivity contribution is -0.133. The maximum Gasteiger partial charge on any atom is 0.389 e. The van der Waals surface area contributed by atoms with Crippen LogP contribution in [0.25, 0.3) is 27.8 Å². The fourth-order valence-corrected chi connectivity index (χ4v) is 3.62. The van der Waals surface area contributed by atoms with Crippen molar-refractivity contribution in [2.45, 2.75) is 19.0 Å². The van der Waals surface area contributed by atoms with Crippen LogP contribution >= 0.6 is 0 Å². The maximum atomic E-state index is 12.6. The molecule has 33 heavy (non-hydrogen) atoms. The van der Waals surface area contributed by atoms with E-state index in [0.717, 1.165) is 22.2 Å². The van der Waals surface area contributed by atoms with Crippen LogP contribution in [-0.4, -0.2) is 40.7 Å². The van der Waals surface area contributed by atoms with Crippen molar-refractivity contribution in [1.29, 1.82) is 0 Å². The Labute approximate surface area is 187 Å². The van der Waals surface area contributed by atoms with Crippen LogP contribution in [0.1, 0.15) is 23.2 Å². The normalized spacial score (nSPS) is 11.5. The third kappa shape index (κ3) is 4.67. The molecule has 0 radical (unpaired) electrons. The standard InChI is InChI=1S/C24H20F3N3O3/c1-32-21-11-17(12-22(33-2)23(21)20(31)7-8-24(25,26)27)30-14-29-18-10-15(5-6-19(18)30)16-4-3-9-28-13-16/h3-6,9-14H,7-8H2,1-2H3. The first kappa shape index (κ1) is 22.3. The molecule has 6 nitrogen and oxygen atoms in total. The van der Waals surface area contributed by atoms with Gasteiger partial charge in [0.2, 0.25) is 0 Å². The largest absolute Gasteiger partial charge is 0.496 e. The second-order valence-corrected chi connectivity index (χ2v) is 7.32. The number of carbonyl (C=O) groups excluding carboxylic acids is 1. The van der Waals surface area contributed by atoms with E-state index in [0.29, 0.717) is 5.69 Å². The summed E-state index contributed by atoms with van der Waals surface area (Å²) in [4.78, 5) is 21.2. The second kappa shape index (κ2) is 8.93. The zero-order valence-electron chi connectivity index (χ0n) is 17.9. The average molecular weight is 455 g/mol. The van der Waals surface area contributed by atoms with E-state index >= 15 is 0 Å². The van der Waals surface area contributed by atoms with Gasteiger partial charge in [-0.3, -0.25) is 14.3 Å². The van der Waals surface area contributed by atoms with Gasteiger partial charge < -0.3 is 9.47 Å². The number of benzene rings is 2. The Hall–Kier alpha value is -3.88. The van der Waals surface area contributed by atoms with Crippen LogP contribution in [0, 0.1) is 0 Å². The highest BCUT2D eigenvalue weighted by molar-refractivity contribution is 6.02. The van der Waals surface area contributed by atoms with Gasteiger partial charge in [0, 0.05) is 36.5 Å². The number of carbonyl (C=O) groups is 1. The molecule has 4 rings (SSSR count). The van der Waals surface area contributed by atoms with Gasteiger partial charge in [-0.15, -0.1) is 0 Å². The molecule has 2 aromatic carbocycles. The van der Waals surface area contributed by atoms with E-state index in [1.54, 1.807) is 35.4 Å². The number of nitrogens with zero attached hydrogens (tertiary/aromatic N) is 3. The molecular weight excluding hydrogens is 435 g/mol. The topological polar surface area (TPSA) is 66.2 Å². The van der Waals surface area contributed by atoms with Crippen LogP contribution in [0.3, 0.4) is 0 Å². The summed E-state index contributed by atoms with van der Waals surface area (Å²) in [6.45, 7) is 0. The quantitative estimate of drug-likeness (QED) is 0.338. The zero-order chi connectivity index (χ0) is 23.6. The van der Waals surface area contributed by atoms with Crippen LogP contribution in [0.4, 0.5) is 13.2 Å². The predicted octanol–water partition coefficient (Wildman–Crippen LogP) is 5.63. The molecule has 4 aromatic rings. The number of methoxy groups -OCH3 is 2. The lowest BCUT2D eigenvalue weighted by Gasteiger charge is -2.16. The van der Waals surface area contributed by atoms with E-state index in [2.05, 4.69) is 9.97 Å². The van der Waals surface area contributed by atoms with Gasteiger partial charge in [0.05, 0.1) is 37.4 Å². The molecule has 0 unspecified atom stereocenters. The molecule has 0 aliphatic rings. The number of fused-ring (bicyclic) bond motifs is 1. The molecule has 0 amide bonds. The predicted molar refractivity (Wildman–Crippen MR) is 117 cm³/mol. The van der Waals surface area contributed by atoms with E-state index in [-0.39, 0.29) is 17.1 Å². The summed E-state index contributed by atoms with van der Waals surface area (Å²) >= 11 is 0. The molecule has 0 fully saturated rings. The molecular formula is C24H20F3N3O3.